The first-order valence-electron chi connectivity index (χ1n) is 8.52. The minimum atomic E-state index is 0.0811. The van der Waals surface area contributed by atoms with Gasteiger partial charge in [0.05, 0.1) is 0 Å². The monoisotopic (exact) mass is 771 g/mol. The molecule has 3 rings (SSSR count). The topological polar surface area (TPSA) is 18.5 Å². The van der Waals surface area contributed by atoms with E-state index in [1.807, 2.05) is 0 Å². The van der Waals surface area contributed by atoms with Crippen LogP contribution in [0.15, 0.2) is 9.66 Å². The molecular weight excluding hydrogens is 744 g/mol. The molecule has 23 heavy (non-hydrogen) atoms. The van der Waals surface area contributed by atoms with Crippen LogP contribution < -0.4 is 63.6 Å². The second kappa shape index (κ2) is 10.8. The molecule has 3 aliphatic rings. The summed E-state index contributed by atoms with van der Waals surface area (Å²) in [6, 6.07) is 0. The van der Waals surface area contributed by atoms with Crippen LogP contribution in [-0.2, 0) is 9.47 Å². The molecule has 5 unspecified atom stereocenters. The quantitative estimate of drug-likeness (QED) is 0.206. The molecule has 2 nitrogen and oxygen atoms in total. The third-order valence-electron chi connectivity index (χ3n) is 4.57. The molecule has 0 amide bonds. The third kappa shape index (κ3) is 6.91. The zero-order valence-electron chi connectivity index (χ0n) is 13.7. The van der Waals surface area contributed by atoms with Crippen LogP contribution in [0.3, 0.4) is 0 Å². The molecule has 0 aromatic rings. The maximum absolute atomic E-state index is 6.30. The first-order chi connectivity index (χ1) is 11.2. The Bertz CT molecular complexity index is 388. The van der Waals surface area contributed by atoms with E-state index in [4.69, 9.17) is 9.47 Å². The fourth-order valence-electron chi connectivity index (χ4n) is 3.14. The predicted octanol–water partition coefficient (Wildman–Crippen LogP) is -5.24. The molecule has 0 spiro atoms. The number of hydrogen-bond donors (Lipinski definition) is 0. The average Bonchev–Trinajstić information content (AvgIpc) is 2.59. The van der Waals surface area contributed by atoms with Crippen LogP contribution >= 0.6 is 22.6 Å². The minimum absolute atomic E-state index is 0.0811. The second-order valence-corrected chi connectivity index (χ2v) is 18.5. The Balaban J connectivity index is 1.33. The van der Waals surface area contributed by atoms with Crippen molar-refractivity contribution >= 4 is 22.6 Å². The molecule has 0 radical (unpaired) electrons. The van der Waals surface area contributed by atoms with E-state index in [0.717, 1.165) is 25.0 Å². The van der Waals surface area contributed by atoms with Crippen LogP contribution in [0.1, 0.15) is 44.9 Å². The van der Waals surface area contributed by atoms with Crippen LogP contribution in [0.4, 0.5) is 0 Å². The predicted molar refractivity (Wildman–Crippen MR) is 91.2 cm³/mol. The van der Waals surface area contributed by atoms with Gasteiger partial charge in [0, 0.05) is 0 Å². The summed E-state index contributed by atoms with van der Waals surface area (Å²) >= 11 is 3.30. The number of rotatable bonds is 5. The van der Waals surface area contributed by atoms with Gasteiger partial charge in [-0.3, -0.25) is 0 Å². The van der Waals surface area contributed by atoms with Crippen molar-refractivity contribution in [2.24, 2.45) is 0 Å². The Morgan fingerprint density at radius 3 is 2.13 bits per heavy atom. The molecule has 0 N–H and O–H groups in total. The van der Waals surface area contributed by atoms with Gasteiger partial charge in [-0.2, -0.15) is 0 Å². The first kappa shape index (κ1) is 20.3. The fraction of sp³-hybridized carbons (Fsp3) is 0.882. The number of allylic oxidation sites excluding steroid dienone is 2. The third-order valence-corrected chi connectivity index (χ3v) is 16.0. The normalized spacial score (nSPS) is 39.6. The number of ether oxygens (including phenoxy) is 2. The summed E-state index contributed by atoms with van der Waals surface area (Å²) in [5.41, 5.74) is 0. The van der Waals surface area contributed by atoms with Crippen molar-refractivity contribution in [2.75, 3.05) is 18.1 Å². The maximum atomic E-state index is 6.30. The molecule has 2 aliphatic heterocycles. The molecule has 2 saturated heterocycles. The zero-order valence-corrected chi connectivity index (χ0v) is 22.3. The van der Waals surface area contributed by atoms with Gasteiger partial charge in [0.25, 0.3) is 0 Å². The zero-order chi connectivity index (χ0) is 16.1. The molecular formula is C17H27I4O2-3. The van der Waals surface area contributed by atoms with Gasteiger partial charge >= 0.3 is 188 Å². The molecule has 0 aromatic heterocycles. The van der Waals surface area contributed by atoms with E-state index in [1.165, 1.54) is 44.9 Å². The molecule has 5 atom stereocenters. The Morgan fingerprint density at radius 2 is 1.61 bits per heavy atom. The van der Waals surface area contributed by atoms with Gasteiger partial charge < -0.3 is 0 Å². The summed E-state index contributed by atoms with van der Waals surface area (Å²) in [5, 5.41) is 0. The summed E-state index contributed by atoms with van der Waals surface area (Å²) in [6.07, 6.45) is 12.2. The van der Waals surface area contributed by atoms with Crippen molar-refractivity contribution < 1.29 is 73.1 Å². The van der Waals surface area contributed by atoms with Crippen molar-refractivity contribution in [1.82, 2.24) is 0 Å². The molecule has 2 fully saturated rings. The molecule has 138 valence electrons. The van der Waals surface area contributed by atoms with Gasteiger partial charge in [0.15, 0.2) is 0 Å². The second-order valence-electron chi connectivity index (χ2n) is 6.33. The first-order valence-corrected chi connectivity index (χ1v) is 18.0. The van der Waals surface area contributed by atoms with E-state index in [-0.39, 0.29) is 21.2 Å². The van der Waals surface area contributed by atoms with Crippen molar-refractivity contribution in [3.63, 3.8) is 0 Å². The van der Waals surface area contributed by atoms with E-state index >= 15 is 0 Å². The van der Waals surface area contributed by atoms with Crippen LogP contribution in [0.25, 0.3) is 0 Å². The molecule has 0 bridgehead atoms. The van der Waals surface area contributed by atoms with Crippen molar-refractivity contribution in [1.29, 1.82) is 0 Å². The van der Waals surface area contributed by atoms with Crippen LogP contribution in [-0.4, -0.2) is 38.1 Å². The number of alkyl halides is 6. The molecule has 0 aromatic carbocycles. The number of halogens is 4. The van der Waals surface area contributed by atoms with Crippen LogP contribution in [0.5, 0.6) is 0 Å². The SMILES string of the molecule is C[I-]C1CCC([I-]C2CCC([I-]C3CC=C(I)CC3)CO2)OC1. The van der Waals surface area contributed by atoms with Crippen molar-refractivity contribution in [3.8, 4) is 0 Å². The van der Waals surface area contributed by atoms with E-state index in [9.17, 15) is 0 Å². The van der Waals surface area contributed by atoms with Gasteiger partial charge in [0.1, 0.15) is 0 Å². The molecule has 6 heteroatoms. The Morgan fingerprint density at radius 1 is 0.913 bits per heavy atom. The summed E-state index contributed by atoms with van der Waals surface area (Å²) < 4.78 is 18.1. The summed E-state index contributed by atoms with van der Waals surface area (Å²) in [7, 11) is 0. The van der Waals surface area contributed by atoms with E-state index < -0.39 is 0 Å². The van der Waals surface area contributed by atoms with Gasteiger partial charge in [-0.15, -0.1) is 0 Å². The van der Waals surface area contributed by atoms with Gasteiger partial charge in [0.2, 0.25) is 0 Å². The standard InChI is InChI=1S/C17H27I4O2/c1-19-14-6-8-16(22-10-14)21-17-9-7-15(11-23-17)20-13-4-2-12(18)3-5-13/h2,13-17H,3-11H2,1H3/q-3. The molecule has 2 heterocycles. The van der Waals surface area contributed by atoms with E-state index in [0.29, 0.717) is 50.6 Å². The van der Waals surface area contributed by atoms with Gasteiger partial charge in [-0.05, 0) is 0 Å². The van der Waals surface area contributed by atoms with Crippen LogP contribution in [0, 0.1) is 0 Å². The van der Waals surface area contributed by atoms with Gasteiger partial charge in [-0.1, -0.05) is 0 Å². The van der Waals surface area contributed by atoms with Crippen molar-refractivity contribution in [3.05, 3.63) is 9.66 Å². The summed E-state index contributed by atoms with van der Waals surface area (Å²) in [5.74, 6) is 0. The summed E-state index contributed by atoms with van der Waals surface area (Å²) in [4.78, 5) is 2.40. The van der Waals surface area contributed by atoms with Gasteiger partial charge in [-0.25, -0.2) is 0 Å². The molecule has 0 saturated carbocycles. The Labute approximate surface area is 186 Å². The fourth-order valence-corrected chi connectivity index (χ4v) is 12.2. The Hall–Kier alpha value is 2.58. The van der Waals surface area contributed by atoms with E-state index in [1.54, 1.807) is 3.58 Å². The Kier molecular flexibility index (Phi) is 9.54. The van der Waals surface area contributed by atoms with Crippen LogP contribution in [0.2, 0.25) is 0 Å². The number of hydrogen-bond acceptors (Lipinski definition) is 2. The average molecular weight is 771 g/mol. The molecule has 1 aliphatic carbocycles. The van der Waals surface area contributed by atoms with Crippen molar-refractivity contribution in [2.45, 2.75) is 64.9 Å². The summed E-state index contributed by atoms with van der Waals surface area (Å²) in [6.45, 7) is 2.13. The van der Waals surface area contributed by atoms with E-state index in [2.05, 4.69) is 33.6 Å².